The highest BCUT2D eigenvalue weighted by molar-refractivity contribution is 5.82. The van der Waals surface area contributed by atoms with Gasteiger partial charge in [0.15, 0.2) is 0 Å². The van der Waals surface area contributed by atoms with Crippen LogP contribution in [0.5, 0.6) is 0 Å². The van der Waals surface area contributed by atoms with E-state index in [1.807, 2.05) is 30.3 Å². The summed E-state index contributed by atoms with van der Waals surface area (Å²) in [5.41, 5.74) is 1.000. The summed E-state index contributed by atoms with van der Waals surface area (Å²) in [5, 5.41) is 20.6. The van der Waals surface area contributed by atoms with Gasteiger partial charge in [0.25, 0.3) is 0 Å². The van der Waals surface area contributed by atoms with Gasteiger partial charge in [-0.2, -0.15) is 0 Å². The van der Waals surface area contributed by atoms with E-state index in [1.165, 1.54) is 4.68 Å². The second-order valence-electron chi connectivity index (χ2n) is 5.98. The van der Waals surface area contributed by atoms with E-state index in [4.69, 9.17) is 5.11 Å². The summed E-state index contributed by atoms with van der Waals surface area (Å²) < 4.78 is 1.52. The highest BCUT2D eigenvalue weighted by atomic mass is 16.4. The Kier molecular flexibility index (Phi) is 4.54. The second-order valence-corrected chi connectivity index (χ2v) is 5.98. The van der Waals surface area contributed by atoms with Gasteiger partial charge in [-0.05, 0) is 29.3 Å². The molecule has 1 saturated heterocycles. The number of tetrazole rings is 1. The van der Waals surface area contributed by atoms with E-state index in [2.05, 4.69) is 15.5 Å². The highest BCUT2D eigenvalue weighted by Crippen LogP contribution is 2.23. The number of carbonyl (C=O) groups excluding carboxylic acids is 1. The van der Waals surface area contributed by atoms with E-state index in [1.54, 1.807) is 11.8 Å². The number of rotatable bonds is 5. The number of carboxylic acids is 1. The number of benzene rings is 1. The van der Waals surface area contributed by atoms with Crippen LogP contribution in [0.15, 0.2) is 30.3 Å². The number of aromatic nitrogens is 4. The Bertz CT molecular complexity index is 730. The van der Waals surface area contributed by atoms with Crippen LogP contribution in [0.25, 0.3) is 0 Å². The fourth-order valence-corrected chi connectivity index (χ4v) is 3.01. The topological polar surface area (TPSA) is 101 Å². The Labute approximate surface area is 139 Å². The van der Waals surface area contributed by atoms with Crippen molar-refractivity contribution in [1.82, 2.24) is 25.1 Å². The Morgan fingerprint density at radius 1 is 1.33 bits per heavy atom. The number of aryl methyl sites for hydroxylation is 1. The average Bonchev–Trinajstić information content (AvgIpc) is 3.22. The van der Waals surface area contributed by atoms with Crippen LogP contribution < -0.4 is 0 Å². The van der Waals surface area contributed by atoms with Crippen molar-refractivity contribution in [3.8, 4) is 0 Å². The van der Waals surface area contributed by atoms with Crippen molar-refractivity contribution in [1.29, 1.82) is 0 Å². The molecule has 3 rings (SSSR count). The van der Waals surface area contributed by atoms with Crippen LogP contribution in [0.4, 0.5) is 0 Å². The molecule has 24 heavy (non-hydrogen) atoms. The molecule has 1 N–H and O–H groups in total. The standard InChI is InChI=1S/C16H19N5O3/c1-11-17-18-19-21(11)14(9-12-5-3-2-4-6-12)15(22)20-8-7-13(10-20)16(23)24/h2-6,13-14H,7-10H2,1H3,(H,23,24)/t13-,14-/m0/s1. The molecule has 1 aliphatic heterocycles. The molecular weight excluding hydrogens is 310 g/mol. The maximum Gasteiger partial charge on any atom is 0.308 e. The van der Waals surface area contributed by atoms with Crippen molar-refractivity contribution < 1.29 is 14.7 Å². The summed E-state index contributed by atoms with van der Waals surface area (Å²) in [6.07, 6.45) is 0.938. The largest absolute Gasteiger partial charge is 0.481 e. The Morgan fingerprint density at radius 2 is 2.08 bits per heavy atom. The van der Waals surface area contributed by atoms with E-state index in [0.29, 0.717) is 25.2 Å². The van der Waals surface area contributed by atoms with E-state index in [9.17, 15) is 9.59 Å². The predicted molar refractivity (Wildman–Crippen MR) is 84.1 cm³/mol. The van der Waals surface area contributed by atoms with Crippen LogP contribution in [0.3, 0.4) is 0 Å². The zero-order valence-corrected chi connectivity index (χ0v) is 13.4. The summed E-state index contributed by atoms with van der Waals surface area (Å²) in [6, 6.07) is 9.07. The molecule has 1 fully saturated rings. The molecule has 2 atom stereocenters. The van der Waals surface area contributed by atoms with Crippen molar-refractivity contribution in [2.24, 2.45) is 5.92 Å². The molecule has 2 heterocycles. The van der Waals surface area contributed by atoms with Crippen molar-refractivity contribution in [3.05, 3.63) is 41.7 Å². The minimum absolute atomic E-state index is 0.141. The summed E-state index contributed by atoms with van der Waals surface area (Å²) in [5.74, 6) is -0.943. The molecule has 0 unspecified atom stereocenters. The molecule has 1 aromatic carbocycles. The Balaban J connectivity index is 1.83. The van der Waals surface area contributed by atoms with Crippen molar-refractivity contribution in [2.75, 3.05) is 13.1 Å². The molecule has 8 heteroatoms. The van der Waals surface area contributed by atoms with Crippen LogP contribution in [-0.4, -0.2) is 55.2 Å². The van der Waals surface area contributed by atoms with Gasteiger partial charge in [0.2, 0.25) is 5.91 Å². The normalized spacial score (nSPS) is 18.5. The zero-order valence-electron chi connectivity index (χ0n) is 13.4. The fourth-order valence-electron chi connectivity index (χ4n) is 3.01. The van der Waals surface area contributed by atoms with Gasteiger partial charge < -0.3 is 10.0 Å². The molecule has 1 amide bonds. The first kappa shape index (κ1) is 16.1. The number of carbonyl (C=O) groups is 2. The maximum absolute atomic E-state index is 13.0. The third kappa shape index (κ3) is 3.27. The minimum Gasteiger partial charge on any atom is -0.481 e. The van der Waals surface area contributed by atoms with Crippen LogP contribution in [-0.2, 0) is 16.0 Å². The molecular formula is C16H19N5O3. The summed E-state index contributed by atoms with van der Waals surface area (Å²) in [6.45, 7) is 2.43. The lowest BCUT2D eigenvalue weighted by Crippen LogP contribution is -2.38. The fraction of sp³-hybridized carbons (Fsp3) is 0.438. The second kappa shape index (κ2) is 6.77. The van der Waals surface area contributed by atoms with Gasteiger partial charge in [0, 0.05) is 19.5 Å². The number of likely N-dealkylation sites (tertiary alicyclic amines) is 1. The molecule has 0 aliphatic carbocycles. The van der Waals surface area contributed by atoms with E-state index in [0.717, 1.165) is 5.56 Å². The Morgan fingerprint density at radius 3 is 2.67 bits per heavy atom. The molecule has 2 aromatic rings. The van der Waals surface area contributed by atoms with Gasteiger partial charge in [0.1, 0.15) is 11.9 Å². The van der Waals surface area contributed by atoms with Gasteiger partial charge in [-0.15, -0.1) is 5.10 Å². The molecule has 8 nitrogen and oxygen atoms in total. The lowest BCUT2D eigenvalue weighted by molar-refractivity contribution is -0.141. The zero-order chi connectivity index (χ0) is 17.1. The molecule has 0 bridgehead atoms. The van der Waals surface area contributed by atoms with Crippen LogP contribution in [0.1, 0.15) is 23.9 Å². The first-order valence-corrected chi connectivity index (χ1v) is 7.86. The molecule has 126 valence electrons. The lowest BCUT2D eigenvalue weighted by atomic mass is 10.0. The van der Waals surface area contributed by atoms with Crippen LogP contribution in [0, 0.1) is 12.8 Å². The predicted octanol–water partition coefficient (Wildman–Crippen LogP) is 0.698. The van der Waals surface area contributed by atoms with Crippen LogP contribution >= 0.6 is 0 Å². The third-order valence-electron chi connectivity index (χ3n) is 4.36. The smallest absolute Gasteiger partial charge is 0.308 e. The van der Waals surface area contributed by atoms with Gasteiger partial charge >= 0.3 is 5.97 Å². The molecule has 0 saturated carbocycles. The summed E-state index contributed by atoms with van der Waals surface area (Å²) in [7, 11) is 0. The average molecular weight is 329 g/mol. The van der Waals surface area contributed by atoms with Gasteiger partial charge in [-0.1, -0.05) is 30.3 Å². The molecule has 1 aliphatic rings. The number of carboxylic acid groups (broad SMARTS) is 1. The molecule has 0 radical (unpaired) electrons. The van der Waals surface area contributed by atoms with Gasteiger partial charge in [0.05, 0.1) is 5.92 Å². The molecule has 0 spiro atoms. The van der Waals surface area contributed by atoms with Crippen molar-refractivity contribution >= 4 is 11.9 Å². The van der Waals surface area contributed by atoms with Crippen LogP contribution in [0.2, 0.25) is 0 Å². The van der Waals surface area contributed by atoms with Crippen molar-refractivity contribution in [3.63, 3.8) is 0 Å². The third-order valence-corrected chi connectivity index (χ3v) is 4.36. The van der Waals surface area contributed by atoms with Crippen molar-refractivity contribution in [2.45, 2.75) is 25.8 Å². The van der Waals surface area contributed by atoms with Gasteiger partial charge in [-0.3, -0.25) is 9.59 Å². The van der Waals surface area contributed by atoms with E-state index >= 15 is 0 Å². The number of nitrogens with zero attached hydrogens (tertiary/aromatic N) is 5. The minimum atomic E-state index is -0.858. The lowest BCUT2D eigenvalue weighted by Gasteiger charge is -2.23. The summed E-state index contributed by atoms with van der Waals surface area (Å²) >= 11 is 0. The molecule has 1 aromatic heterocycles. The summed E-state index contributed by atoms with van der Waals surface area (Å²) in [4.78, 5) is 25.7. The monoisotopic (exact) mass is 329 g/mol. The Hall–Kier alpha value is -2.77. The number of hydrogen-bond acceptors (Lipinski definition) is 5. The highest BCUT2D eigenvalue weighted by Gasteiger charge is 2.35. The SMILES string of the molecule is Cc1nnnn1[C@@H](Cc1ccccc1)C(=O)N1CC[C@H](C(=O)O)C1. The number of aliphatic carboxylic acids is 1. The van der Waals surface area contributed by atoms with E-state index in [-0.39, 0.29) is 12.5 Å². The number of amides is 1. The quantitative estimate of drug-likeness (QED) is 0.866. The first-order valence-electron chi connectivity index (χ1n) is 7.86. The maximum atomic E-state index is 13.0. The van der Waals surface area contributed by atoms with Gasteiger partial charge in [-0.25, -0.2) is 4.68 Å². The number of hydrogen-bond donors (Lipinski definition) is 1. The first-order chi connectivity index (χ1) is 11.6. The van der Waals surface area contributed by atoms with E-state index < -0.39 is 17.9 Å².